The molecule has 0 amide bonds. The Morgan fingerprint density at radius 1 is 1.67 bits per heavy atom. The fraction of sp³-hybridized carbons (Fsp3) is 0.500. The van der Waals surface area contributed by atoms with Crippen LogP contribution in [0.25, 0.3) is 0 Å². The minimum Gasteiger partial charge on any atom is -0.361 e. The van der Waals surface area contributed by atoms with Crippen LogP contribution in [0.5, 0.6) is 0 Å². The summed E-state index contributed by atoms with van der Waals surface area (Å²) in [6, 6.07) is 0. The minimum atomic E-state index is -0.888. The van der Waals surface area contributed by atoms with Gasteiger partial charge in [-0.15, -0.1) is 0 Å². The molecule has 1 rings (SSSR count). The van der Waals surface area contributed by atoms with Gasteiger partial charge in [0.2, 0.25) is 0 Å². The van der Waals surface area contributed by atoms with Gasteiger partial charge in [-0.25, -0.2) is 0 Å². The number of aliphatic hydroxyl groups is 1. The van der Waals surface area contributed by atoms with Crippen molar-refractivity contribution in [2.24, 2.45) is 0 Å². The molecule has 0 aromatic carbocycles. The topological polar surface area (TPSA) is 90.4 Å². The van der Waals surface area contributed by atoms with Crippen LogP contribution >= 0.6 is 0 Å². The summed E-state index contributed by atoms with van der Waals surface area (Å²) >= 11 is 0. The van der Waals surface area contributed by atoms with Gasteiger partial charge in [0.05, 0.1) is 6.54 Å². The van der Waals surface area contributed by atoms with Crippen molar-refractivity contribution in [1.29, 1.82) is 0 Å². The third-order valence-corrected chi connectivity index (χ3v) is 2.12. The lowest BCUT2D eigenvalue weighted by atomic mass is 10.4. The average Bonchev–Trinajstić information content (AvgIpc) is 2.22. The Bertz CT molecular complexity index is 344. The molecule has 0 bridgehead atoms. The van der Waals surface area contributed by atoms with Crippen LogP contribution in [-0.2, 0) is 11.3 Å². The normalized spacial score (nSPS) is 12.5. The third-order valence-electron chi connectivity index (χ3n) is 2.12. The molecule has 1 atom stereocenters. The van der Waals surface area contributed by atoms with E-state index in [0.717, 1.165) is 0 Å². The lowest BCUT2D eigenvalue weighted by Gasteiger charge is -2.30. The number of aliphatic hydroxyl groups excluding tert-OH is 1. The molecule has 15 heavy (non-hydrogen) atoms. The standard InChI is InChI=1S/C8H14N4O3/c1-9-8(15)11(2)7-6(5-14)12(10-7)3-4-13/h4-5,8-10,15H,3H2,1-2H3. The van der Waals surface area contributed by atoms with Crippen molar-refractivity contribution in [3.8, 4) is 0 Å². The molecule has 0 saturated carbocycles. The van der Waals surface area contributed by atoms with Gasteiger partial charge in [0.1, 0.15) is 12.0 Å². The van der Waals surface area contributed by atoms with E-state index in [4.69, 9.17) is 0 Å². The minimum absolute atomic E-state index is 0.0983. The molecule has 3 N–H and O–H groups in total. The summed E-state index contributed by atoms with van der Waals surface area (Å²) in [6.07, 6.45) is 0.427. The fourth-order valence-electron chi connectivity index (χ4n) is 1.23. The van der Waals surface area contributed by atoms with E-state index in [9.17, 15) is 14.7 Å². The smallest absolute Gasteiger partial charge is 0.184 e. The van der Waals surface area contributed by atoms with E-state index in [1.807, 2.05) is 0 Å². The molecule has 1 aromatic heterocycles. The Kier molecular flexibility index (Phi) is 3.64. The zero-order valence-electron chi connectivity index (χ0n) is 8.60. The van der Waals surface area contributed by atoms with E-state index in [1.165, 1.54) is 9.58 Å². The van der Waals surface area contributed by atoms with Crippen LogP contribution in [0, 0.1) is 0 Å². The van der Waals surface area contributed by atoms with Crippen molar-refractivity contribution in [3.63, 3.8) is 0 Å². The van der Waals surface area contributed by atoms with Crippen molar-refractivity contribution in [2.75, 3.05) is 19.0 Å². The fourth-order valence-corrected chi connectivity index (χ4v) is 1.23. The Morgan fingerprint density at radius 3 is 2.80 bits per heavy atom. The van der Waals surface area contributed by atoms with Crippen LogP contribution in [0.4, 0.5) is 5.82 Å². The molecule has 84 valence electrons. The molecule has 1 heterocycles. The van der Waals surface area contributed by atoms with Gasteiger partial charge >= 0.3 is 0 Å². The molecule has 0 aliphatic carbocycles. The van der Waals surface area contributed by atoms with Crippen LogP contribution in [0.3, 0.4) is 0 Å². The lowest BCUT2D eigenvalue weighted by Crippen LogP contribution is -2.44. The number of anilines is 1. The van der Waals surface area contributed by atoms with Crippen molar-refractivity contribution in [2.45, 2.75) is 12.9 Å². The van der Waals surface area contributed by atoms with E-state index in [0.29, 0.717) is 24.1 Å². The number of hydrogen-bond donors (Lipinski definition) is 3. The van der Waals surface area contributed by atoms with Crippen LogP contribution in [0.1, 0.15) is 10.5 Å². The zero-order valence-corrected chi connectivity index (χ0v) is 8.60. The maximum atomic E-state index is 10.7. The Hall–Kier alpha value is -1.60. The maximum Gasteiger partial charge on any atom is 0.184 e. The highest BCUT2D eigenvalue weighted by Gasteiger charge is 2.20. The highest BCUT2D eigenvalue weighted by atomic mass is 16.3. The predicted molar refractivity (Wildman–Crippen MR) is 53.7 cm³/mol. The first kappa shape index (κ1) is 11.5. The molecule has 0 radical (unpaired) electrons. The van der Waals surface area contributed by atoms with Crippen LogP contribution in [0.15, 0.2) is 0 Å². The van der Waals surface area contributed by atoms with Crippen LogP contribution in [-0.4, -0.2) is 47.9 Å². The van der Waals surface area contributed by atoms with E-state index in [2.05, 4.69) is 10.4 Å². The maximum absolute atomic E-state index is 10.7. The second kappa shape index (κ2) is 4.76. The number of carbonyl (C=O) groups is 2. The Morgan fingerprint density at radius 2 is 2.33 bits per heavy atom. The number of nitrogens with zero attached hydrogens (tertiary/aromatic N) is 2. The molecule has 1 aromatic rings. The van der Waals surface area contributed by atoms with Gasteiger partial charge in [-0.2, -0.15) is 0 Å². The van der Waals surface area contributed by atoms with Gasteiger partial charge in [0.25, 0.3) is 0 Å². The number of carbonyl (C=O) groups excluding carboxylic acids is 2. The van der Waals surface area contributed by atoms with Gasteiger partial charge in [-0.05, 0) is 7.05 Å². The summed E-state index contributed by atoms with van der Waals surface area (Å²) in [5.41, 5.74) is 0.346. The van der Waals surface area contributed by atoms with Crippen molar-refractivity contribution in [3.05, 3.63) is 5.69 Å². The molecule has 7 heteroatoms. The number of aromatic amines is 1. The summed E-state index contributed by atoms with van der Waals surface area (Å²) < 4.78 is 1.40. The third kappa shape index (κ3) is 2.08. The molecule has 7 nitrogen and oxygen atoms in total. The average molecular weight is 214 g/mol. The number of aromatic nitrogens is 2. The molecular formula is C8H14N4O3. The number of hydrogen-bond acceptors (Lipinski definition) is 5. The van der Waals surface area contributed by atoms with E-state index >= 15 is 0 Å². The van der Waals surface area contributed by atoms with Crippen molar-refractivity contribution in [1.82, 2.24) is 15.1 Å². The summed E-state index contributed by atoms with van der Waals surface area (Å²) in [5.74, 6) is 0.480. The Balaban J connectivity index is 2.82. The SMILES string of the molecule is CNC(O)N(C)c1[nH]n(CC=O)c1C=O. The van der Waals surface area contributed by atoms with Gasteiger partial charge in [-0.1, -0.05) is 0 Å². The quantitative estimate of drug-likeness (QED) is 0.407. The highest BCUT2D eigenvalue weighted by molar-refractivity contribution is 5.82. The predicted octanol–water partition coefficient (Wildman–Crippen LogP) is -1.24. The molecule has 0 spiro atoms. The first-order valence-corrected chi connectivity index (χ1v) is 4.41. The largest absolute Gasteiger partial charge is 0.361 e. The molecule has 0 aliphatic heterocycles. The van der Waals surface area contributed by atoms with Gasteiger partial charge in [-0.3, -0.25) is 19.9 Å². The van der Waals surface area contributed by atoms with Crippen molar-refractivity contribution < 1.29 is 14.7 Å². The monoisotopic (exact) mass is 214 g/mol. The lowest BCUT2D eigenvalue weighted by molar-refractivity contribution is -0.108. The van der Waals surface area contributed by atoms with Crippen LogP contribution in [0.2, 0.25) is 0 Å². The van der Waals surface area contributed by atoms with E-state index < -0.39 is 6.35 Å². The number of aldehydes is 2. The van der Waals surface area contributed by atoms with Gasteiger partial charge in [0.15, 0.2) is 18.5 Å². The first-order chi connectivity index (χ1) is 7.15. The second-order valence-electron chi connectivity index (χ2n) is 3.01. The number of nitrogens with one attached hydrogen (secondary N) is 2. The summed E-state index contributed by atoms with van der Waals surface area (Å²) in [5, 5.41) is 14.8. The highest BCUT2D eigenvalue weighted by Crippen LogP contribution is 2.18. The Labute approximate surface area is 86.6 Å². The van der Waals surface area contributed by atoms with Crippen LogP contribution < -0.4 is 10.2 Å². The first-order valence-electron chi connectivity index (χ1n) is 4.41. The molecule has 0 fully saturated rings. The summed E-state index contributed by atoms with van der Waals surface area (Å²) in [6.45, 7) is 0.0983. The summed E-state index contributed by atoms with van der Waals surface area (Å²) in [7, 11) is 3.20. The molecule has 1 unspecified atom stereocenters. The summed E-state index contributed by atoms with van der Waals surface area (Å²) in [4.78, 5) is 22.4. The molecule has 0 aliphatic rings. The van der Waals surface area contributed by atoms with E-state index in [-0.39, 0.29) is 6.54 Å². The second-order valence-corrected chi connectivity index (χ2v) is 3.01. The van der Waals surface area contributed by atoms with Gasteiger partial charge < -0.3 is 14.8 Å². The van der Waals surface area contributed by atoms with Crippen molar-refractivity contribution >= 4 is 18.4 Å². The number of H-pyrrole nitrogens is 1. The zero-order chi connectivity index (χ0) is 11.4. The van der Waals surface area contributed by atoms with Gasteiger partial charge in [0, 0.05) is 7.05 Å². The number of rotatable bonds is 6. The van der Waals surface area contributed by atoms with E-state index in [1.54, 1.807) is 14.1 Å². The molecule has 0 saturated heterocycles. The molecular weight excluding hydrogens is 200 g/mol.